The summed E-state index contributed by atoms with van der Waals surface area (Å²) >= 11 is 0. The zero-order valence-electron chi connectivity index (χ0n) is 14.7. The number of aryl methyl sites for hydroxylation is 1. The van der Waals surface area contributed by atoms with Gasteiger partial charge in [0, 0.05) is 32.7 Å². The van der Waals surface area contributed by atoms with Crippen molar-refractivity contribution < 1.29 is 14.3 Å². The zero-order chi connectivity index (χ0) is 17.1. The van der Waals surface area contributed by atoms with Gasteiger partial charge in [-0.05, 0) is 20.8 Å². The number of morpholine rings is 2. The normalized spacial score (nSPS) is 29.0. The van der Waals surface area contributed by atoms with Gasteiger partial charge in [-0.15, -0.1) is 10.2 Å². The van der Waals surface area contributed by atoms with Crippen LogP contribution in [0, 0.1) is 0 Å². The smallest absolute Gasteiger partial charge is 0.236 e. The molecule has 1 aromatic heterocycles. The summed E-state index contributed by atoms with van der Waals surface area (Å²) in [5.41, 5.74) is 0. The Bertz CT molecular complexity index is 554. The van der Waals surface area contributed by atoms with Crippen LogP contribution in [0.5, 0.6) is 0 Å². The first-order valence-electron chi connectivity index (χ1n) is 8.71. The highest BCUT2D eigenvalue weighted by Crippen LogP contribution is 2.20. The minimum absolute atomic E-state index is 0.0956. The van der Waals surface area contributed by atoms with Crippen molar-refractivity contribution in [1.29, 1.82) is 0 Å². The van der Waals surface area contributed by atoms with Gasteiger partial charge in [-0.25, -0.2) is 0 Å². The van der Waals surface area contributed by atoms with Crippen molar-refractivity contribution in [2.24, 2.45) is 0 Å². The molecule has 0 aliphatic carbocycles. The molecule has 0 N–H and O–H groups in total. The number of aromatic nitrogens is 3. The predicted molar refractivity (Wildman–Crippen MR) is 87.4 cm³/mol. The molecule has 0 saturated carbocycles. The molecule has 1 amide bonds. The topological polar surface area (TPSA) is 72.7 Å². The number of carbonyl (C=O) groups is 1. The number of ether oxygens (including phenoxy) is 2. The Morgan fingerprint density at radius 3 is 2.75 bits per heavy atom. The van der Waals surface area contributed by atoms with E-state index in [1.165, 1.54) is 0 Å². The minimum Gasteiger partial charge on any atom is -0.372 e. The molecule has 134 valence electrons. The summed E-state index contributed by atoms with van der Waals surface area (Å²) < 4.78 is 13.5. The van der Waals surface area contributed by atoms with Crippen LogP contribution in [-0.2, 0) is 20.8 Å². The second kappa shape index (κ2) is 7.58. The van der Waals surface area contributed by atoms with E-state index in [9.17, 15) is 4.79 Å². The lowest BCUT2D eigenvalue weighted by Gasteiger charge is -2.37. The van der Waals surface area contributed by atoms with Gasteiger partial charge >= 0.3 is 0 Å². The molecule has 0 aromatic carbocycles. The Kier molecular flexibility index (Phi) is 5.47. The fraction of sp³-hybridized carbons (Fsp3) is 0.812. The molecule has 0 radical (unpaired) electrons. The number of rotatable bonds is 4. The lowest BCUT2D eigenvalue weighted by atomic mass is 10.2. The van der Waals surface area contributed by atoms with E-state index in [0.29, 0.717) is 32.8 Å². The van der Waals surface area contributed by atoms with E-state index in [-0.39, 0.29) is 24.2 Å². The number of hydrogen-bond donors (Lipinski definition) is 0. The van der Waals surface area contributed by atoms with Crippen molar-refractivity contribution in [2.75, 3.05) is 39.3 Å². The summed E-state index contributed by atoms with van der Waals surface area (Å²) in [6.07, 6.45) is 1.78. The third-order valence-corrected chi connectivity index (χ3v) is 4.56. The Balaban J connectivity index is 1.58. The second-order valence-corrected chi connectivity index (χ2v) is 6.63. The van der Waals surface area contributed by atoms with Crippen LogP contribution in [0.15, 0.2) is 6.33 Å². The molecule has 3 rings (SSSR count). The van der Waals surface area contributed by atoms with Crippen molar-refractivity contribution in [3.8, 4) is 0 Å². The predicted octanol–water partition coefficient (Wildman–Crippen LogP) is 0.307. The van der Waals surface area contributed by atoms with Crippen LogP contribution in [0.4, 0.5) is 0 Å². The maximum atomic E-state index is 12.6. The number of carbonyl (C=O) groups excluding carboxylic acids is 1. The van der Waals surface area contributed by atoms with Gasteiger partial charge in [0.2, 0.25) is 5.91 Å². The lowest BCUT2D eigenvalue weighted by Crippen LogP contribution is -2.52. The zero-order valence-corrected chi connectivity index (χ0v) is 14.7. The molecule has 24 heavy (non-hydrogen) atoms. The SMILES string of the molecule is CCn1cnnc1[C@H]1CN(CC(=O)N2C[C@@H](C)O[C@@H](C)C2)CCO1. The van der Waals surface area contributed by atoms with E-state index in [1.54, 1.807) is 6.33 Å². The third kappa shape index (κ3) is 3.93. The molecule has 0 bridgehead atoms. The molecule has 8 heteroatoms. The maximum absolute atomic E-state index is 12.6. The van der Waals surface area contributed by atoms with Gasteiger partial charge in [0.05, 0.1) is 25.4 Å². The molecule has 8 nitrogen and oxygen atoms in total. The van der Waals surface area contributed by atoms with Crippen LogP contribution in [-0.4, -0.2) is 82.0 Å². The molecule has 3 heterocycles. The summed E-state index contributed by atoms with van der Waals surface area (Å²) in [7, 11) is 0. The highest BCUT2D eigenvalue weighted by atomic mass is 16.5. The minimum atomic E-state index is -0.128. The van der Waals surface area contributed by atoms with E-state index < -0.39 is 0 Å². The first-order valence-corrected chi connectivity index (χ1v) is 8.71. The third-order valence-electron chi connectivity index (χ3n) is 4.56. The van der Waals surface area contributed by atoms with Crippen LogP contribution < -0.4 is 0 Å². The maximum Gasteiger partial charge on any atom is 0.236 e. The Morgan fingerprint density at radius 2 is 2.04 bits per heavy atom. The second-order valence-electron chi connectivity index (χ2n) is 6.63. The van der Waals surface area contributed by atoms with Crippen molar-refractivity contribution in [3.63, 3.8) is 0 Å². The van der Waals surface area contributed by atoms with E-state index in [1.807, 2.05) is 23.3 Å². The highest BCUT2D eigenvalue weighted by molar-refractivity contribution is 5.78. The first kappa shape index (κ1) is 17.3. The molecule has 1 aromatic rings. The standard InChI is InChI=1S/C16H27N5O3/c1-4-20-11-17-18-16(20)14-9-19(5-6-23-14)10-15(22)21-7-12(2)24-13(3)8-21/h11-14H,4-10H2,1-3H3/t12-,13+,14-/m1/s1. The van der Waals surface area contributed by atoms with Gasteiger partial charge < -0.3 is 18.9 Å². The van der Waals surface area contributed by atoms with Crippen molar-refractivity contribution in [1.82, 2.24) is 24.6 Å². The summed E-state index contributed by atoms with van der Waals surface area (Å²) in [5, 5.41) is 8.15. The summed E-state index contributed by atoms with van der Waals surface area (Å²) in [6, 6.07) is 0. The first-order chi connectivity index (χ1) is 11.6. The molecule has 0 spiro atoms. The van der Waals surface area contributed by atoms with Crippen LogP contribution in [0.3, 0.4) is 0 Å². The van der Waals surface area contributed by atoms with Crippen LogP contribution in [0.25, 0.3) is 0 Å². The number of hydrogen-bond acceptors (Lipinski definition) is 6. The Labute approximate surface area is 142 Å². The average molecular weight is 337 g/mol. The Morgan fingerprint density at radius 1 is 1.29 bits per heavy atom. The van der Waals surface area contributed by atoms with Gasteiger partial charge in [0.1, 0.15) is 12.4 Å². The van der Waals surface area contributed by atoms with Crippen molar-refractivity contribution >= 4 is 5.91 Å². The fourth-order valence-electron chi connectivity index (χ4n) is 3.43. The van der Waals surface area contributed by atoms with E-state index in [4.69, 9.17) is 9.47 Å². The van der Waals surface area contributed by atoms with Crippen LogP contribution in [0.1, 0.15) is 32.7 Å². The van der Waals surface area contributed by atoms with E-state index in [2.05, 4.69) is 22.0 Å². The fourth-order valence-corrected chi connectivity index (χ4v) is 3.43. The molecular weight excluding hydrogens is 310 g/mol. The molecular formula is C16H27N5O3. The molecule has 2 aliphatic rings. The number of amides is 1. The average Bonchev–Trinajstić information content (AvgIpc) is 3.03. The van der Waals surface area contributed by atoms with Gasteiger partial charge in [-0.1, -0.05) is 0 Å². The van der Waals surface area contributed by atoms with Gasteiger partial charge in [-0.3, -0.25) is 9.69 Å². The van der Waals surface area contributed by atoms with E-state index >= 15 is 0 Å². The summed E-state index contributed by atoms with van der Waals surface area (Å²) in [5.74, 6) is 0.998. The summed E-state index contributed by atoms with van der Waals surface area (Å²) in [4.78, 5) is 16.7. The van der Waals surface area contributed by atoms with Crippen LogP contribution in [0.2, 0.25) is 0 Å². The highest BCUT2D eigenvalue weighted by Gasteiger charge is 2.30. The molecule has 3 atom stereocenters. The van der Waals surface area contributed by atoms with Gasteiger partial charge in [0.15, 0.2) is 5.82 Å². The largest absolute Gasteiger partial charge is 0.372 e. The number of nitrogens with zero attached hydrogens (tertiary/aromatic N) is 5. The molecule has 2 aliphatic heterocycles. The van der Waals surface area contributed by atoms with E-state index in [0.717, 1.165) is 18.9 Å². The quantitative estimate of drug-likeness (QED) is 0.787. The van der Waals surface area contributed by atoms with Crippen LogP contribution >= 0.6 is 0 Å². The van der Waals surface area contributed by atoms with Crippen molar-refractivity contribution in [2.45, 2.75) is 45.6 Å². The molecule has 2 fully saturated rings. The van der Waals surface area contributed by atoms with Crippen molar-refractivity contribution in [3.05, 3.63) is 12.2 Å². The lowest BCUT2D eigenvalue weighted by molar-refractivity contribution is -0.146. The molecule has 0 unspecified atom stereocenters. The van der Waals surface area contributed by atoms with Gasteiger partial charge in [-0.2, -0.15) is 0 Å². The Hall–Kier alpha value is -1.51. The monoisotopic (exact) mass is 337 g/mol. The molecule has 2 saturated heterocycles. The summed E-state index contributed by atoms with van der Waals surface area (Å²) in [6.45, 7) is 10.7. The van der Waals surface area contributed by atoms with Gasteiger partial charge in [0.25, 0.3) is 0 Å².